The number of para-hydroxylation sites is 2. The number of hydrogen-bond donors (Lipinski definition) is 1. The molecule has 3 aromatic rings. The molecule has 35 heavy (non-hydrogen) atoms. The Kier molecular flexibility index (Phi) is 5.72. The fourth-order valence-electron chi connectivity index (χ4n) is 4.62. The van der Waals surface area contributed by atoms with Crippen LogP contribution in [0.3, 0.4) is 0 Å². The summed E-state index contributed by atoms with van der Waals surface area (Å²) in [6.07, 6.45) is 5.45. The van der Waals surface area contributed by atoms with Crippen molar-refractivity contribution in [3.8, 4) is 17.1 Å². The molecule has 0 unspecified atom stereocenters. The standard InChI is InChI=1S/C29H27N5O/c1-20-8-10-23(11-9-20)34-28-7-3-2-6-24(28)33-27-17-25(32-22-5-4-14-30-19-22)26(18-29(27)34)31-21-12-15-35-16-13-21/h2-11,14,17-19,21,32H,12-13,15-16H2,1H3/b31-26+. The van der Waals surface area contributed by atoms with E-state index in [1.807, 2.05) is 24.4 Å². The Morgan fingerprint density at radius 3 is 2.60 bits per heavy atom. The summed E-state index contributed by atoms with van der Waals surface area (Å²) in [5.74, 6) is 0. The van der Waals surface area contributed by atoms with Gasteiger partial charge in [-0.3, -0.25) is 9.98 Å². The first kappa shape index (κ1) is 21.5. The highest BCUT2D eigenvalue weighted by atomic mass is 16.5. The highest BCUT2D eigenvalue weighted by Gasteiger charge is 2.18. The molecule has 6 rings (SSSR count). The van der Waals surface area contributed by atoms with Crippen molar-refractivity contribution in [3.63, 3.8) is 0 Å². The van der Waals surface area contributed by atoms with Crippen LogP contribution in [-0.4, -0.2) is 33.8 Å². The highest BCUT2D eigenvalue weighted by molar-refractivity contribution is 5.84. The van der Waals surface area contributed by atoms with Crippen LogP contribution in [0.4, 0.5) is 11.4 Å². The molecule has 2 aliphatic heterocycles. The number of rotatable bonds is 4. The van der Waals surface area contributed by atoms with Gasteiger partial charge in [-0.2, -0.15) is 0 Å². The van der Waals surface area contributed by atoms with Crippen LogP contribution in [0.15, 0.2) is 90.2 Å². The lowest BCUT2D eigenvalue weighted by atomic mass is 10.1. The van der Waals surface area contributed by atoms with Gasteiger partial charge in [-0.1, -0.05) is 29.8 Å². The van der Waals surface area contributed by atoms with Gasteiger partial charge >= 0.3 is 0 Å². The number of aryl methyl sites for hydroxylation is 1. The molecule has 1 saturated heterocycles. The van der Waals surface area contributed by atoms with Gasteiger partial charge in [-0.15, -0.1) is 0 Å². The van der Waals surface area contributed by atoms with Gasteiger partial charge in [0.1, 0.15) is 0 Å². The Labute approximate surface area is 204 Å². The van der Waals surface area contributed by atoms with Gasteiger partial charge in [0.2, 0.25) is 0 Å². The van der Waals surface area contributed by atoms with Gasteiger partial charge < -0.3 is 14.6 Å². The molecule has 3 heterocycles. The van der Waals surface area contributed by atoms with Crippen LogP contribution in [0.25, 0.3) is 28.1 Å². The van der Waals surface area contributed by atoms with Crippen LogP contribution < -0.4 is 10.7 Å². The molecule has 6 heteroatoms. The lowest BCUT2D eigenvalue weighted by Gasteiger charge is -2.22. The van der Waals surface area contributed by atoms with E-state index in [1.165, 1.54) is 5.56 Å². The second-order valence-corrected chi connectivity index (χ2v) is 8.97. The summed E-state index contributed by atoms with van der Waals surface area (Å²) in [6.45, 7) is 3.61. The fourth-order valence-corrected chi connectivity index (χ4v) is 4.62. The summed E-state index contributed by atoms with van der Waals surface area (Å²) in [5, 5.41) is 4.45. The maximum atomic E-state index is 5.57. The Morgan fingerprint density at radius 2 is 1.80 bits per heavy atom. The summed E-state index contributed by atoms with van der Waals surface area (Å²) in [5.41, 5.74) is 8.12. The van der Waals surface area contributed by atoms with Gasteiger partial charge in [0, 0.05) is 25.1 Å². The van der Waals surface area contributed by atoms with Gasteiger partial charge in [0.05, 0.1) is 51.4 Å². The molecule has 0 amide bonds. The minimum Gasteiger partial charge on any atom is -0.381 e. The number of hydrogen-bond acceptors (Lipinski definition) is 5. The van der Waals surface area contributed by atoms with Crippen molar-refractivity contribution < 1.29 is 4.74 Å². The maximum absolute atomic E-state index is 5.57. The van der Waals surface area contributed by atoms with E-state index in [2.05, 4.69) is 76.4 Å². The zero-order valence-electron chi connectivity index (χ0n) is 19.7. The van der Waals surface area contributed by atoms with E-state index in [0.717, 1.165) is 70.9 Å². The zero-order valence-corrected chi connectivity index (χ0v) is 19.7. The third-order valence-electron chi connectivity index (χ3n) is 6.44. The summed E-state index contributed by atoms with van der Waals surface area (Å²) in [6, 6.07) is 25.4. The van der Waals surface area contributed by atoms with Crippen LogP contribution in [0.1, 0.15) is 18.4 Å². The highest BCUT2D eigenvalue weighted by Crippen LogP contribution is 2.30. The summed E-state index contributed by atoms with van der Waals surface area (Å²) < 4.78 is 7.86. The molecule has 0 atom stereocenters. The number of nitrogens with zero attached hydrogens (tertiary/aromatic N) is 4. The molecule has 0 saturated carbocycles. The van der Waals surface area contributed by atoms with Gasteiger partial charge in [-0.05, 0) is 68.3 Å². The van der Waals surface area contributed by atoms with E-state index in [0.29, 0.717) is 0 Å². The first-order valence-electron chi connectivity index (χ1n) is 12.1. The van der Waals surface area contributed by atoms with Crippen molar-refractivity contribution in [2.75, 3.05) is 18.5 Å². The molecule has 3 aliphatic rings. The average Bonchev–Trinajstić information content (AvgIpc) is 2.90. The predicted molar refractivity (Wildman–Crippen MR) is 139 cm³/mol. The Bertz CT molecular complexity index is 1500. The first-order chi connectivity index (χ1) is 17.2. The van der Waals surface area contributed by atoms with Crippen molar-refractivity contribution in [1.82, 2.24) is 14.5 Å². The fraction of sp³-hybridized carbons (Fsp3) is 0.207. The van der Waals surface area contributed by atoms with Crippen LogP contribution >= 0.6 is 0 Å². The lowest BCUT2D eigenvalue weighted by molar-refractivity contribution is 0.0864. The monoisotopic (exact) mass is 461 g/mol. The number of nitrogens with one attached hydrogen (secondary N) is 1. The summed E-state index contributed by atoms with van der Waals surface area (Å²) >= 11 is 0. The number of pyridine rings is 1. The number of fused-ring (bicyclic) bond motifs is 2. The van der Waals surface area contributed by atoms with Crippen LogP contribution in [-0.2, 0) is 4.74 Å². The topological polar surface area (TPSA) is 64.3 Å². The smallest absolute Gasteiger partial charge is 0.0900 e. The molecular formula is C29H27N5O. The summed E-state index contributed by atoms with van der Waals surface area (Å²) in [4.78, 5) is 14.5. The SMILES string of the molecule is Cc1ccc(-n2c3c/c(=N\C4CCOCC4)c(Nc4cccnc4)cc-3nc3ccccc32)cc1. The lowest BCUT2D eigenvalue weighted by Crippen LogP contribution is -2.23. The van der Waals surface area contributed by atoms with Crippen molar-refractivity contribution >= 4 is 22.4 Å². The molecule has 1 aromatic heterocycles. The Morgan fingerprint density at radius 1 is 0.971 bits per heavy atom. The Balaban J connectivity index is 1.62. The van der Waals surface area contributed by atoms with Crippen LogP contribution in [0.2, 0.25) is 0 Å². The molecule has 6 nitrogen and oxygen atoms in total. The molecule has 2 aromatic carbocycles. The second kappa shape index (κ2) is 9.31. The van der Waals surface area contributed by atoms with E-state index in [4.69, 9.17) is 14.7 Å². The van der Waals surface area contributed by atoms with E-state index in [9.17, 15) is 0 Å². The van der Waals surface area contributed by atoms with Crippen molar-refractivity contribution in [1.29, 1.82) is 0 Å². The number of ether oxygens (including phenoxy) is 1. The molecular weight excluding hydrogens is 434 g/mol. The van der Waals surface area contributed by atoms with Crippen LogP contribution in [0.5, 0.6) is 0 Å². The molecule has 0 bridgehead atoms. The zero-order chi connectivity index (χ0) is 23.6. The number of anilines is 2. The van der Waals surface area contributed by atoms with E-state index in [1.54, 1.807) is 6.20 Å². The largest absolute Gasteiger partial charge is 0.381 e. The van der Waals surface area contributed by atoms with Crippen LogP contribution in [0, 0.1) is 6.92 Å². The Hall–Kier alpha value is -4.03. The van der Waals surface area contributed by atoms with Gasteiger partial charge in [0.15, 0.2) is 0 Å². The molecule has 1 N–H and O–H groups in total. The average molecular weight is 462 g/mol. The number of aromatic nitrogens is 3. The molecule has 0 spiro atoms. The molecule has 0 radical (unpaired) electrons. The van der Waals surface area contributed by atoms with Crippen molar-refractivity contribution in [2.24, 2.45) is 4.99 Å². The number of benzene rings is 3. The maximum Gasteiger partial charge on any atom is 0.0900 e. The molecule has 174 valence electrons. The van der Waals surface area contributed by atoms with Gasteiger partial charge in [-0.25, -0.2) is 4.98 Å². The molecule has 1 fully saturated rings. The van der Waals surface area contributed by atoms with E-state index < -0.39 is 0 Å². The van der Waals surface area contributed by atoms with E-state index in [-0.39, 0.29) is 6.04 Å². The van der Waals surface area contributed by atoms with Gasteiger partial charge in [0.25, 0.3) is 0 Å². The van der Waals surface area contributed by atoms with Crippen molar-refractivity contribution in [2.45, 2.75) is 25.8 Å². The third kappa shape index (κ3) is 4.40. The normalized spacial score (nSPS) is 15.1. The quantitative estimate of drug-likeness (QED) is 0.351. The summed E-state index contributed by atoms with van der Waals surface area (Å²) in [7, 11) is 0. The predicted octanol–water partition coefficient (Wildman–Crippen LogP) is 5.66. The first-order valence-corrected chi connectivity index (χ1v) is 12.1. The third-order valence-corrected chi connectivity index (χ3v) is 6.44. The van der Waals surface area contributed by atoms with E-state index >= 15 is 0 Å². The molecule has 1 aliphatic carbocycles. The van der Waals surface area contributed by atoms with Crippen molar-refractivity contribution in [3.05, 3.63) is 96.1 Å². The minimum atomic E-state index is 0.233. The second-order valence-electron chi connectivity index (χ2n) is 8.97. The minimum absolute atomic E-state index is 0.233.